The van der Waals surface area contributed by atoms with Gasteiger partial charge in [0, 0.05) is 5.92 Å². The molecule has 0 aromatic heterocycles. The molecule has 3 unspecified atom stereocenters. The molecule has 2 aliphatic heterocycles. The number of ketones is 1. The van der Waals surface area contributed by atoms with Crippen LogP contribution in [0, 0.1) is 11.8 Å². The Bertz CT molecular complexity index is 1150. The third-order valence-corrected chi connectivity index (χ3v) is 13.3. The van der Waals surface area contributed by atoms with E-state index in [1.54, 1.807) is 12.4 Å². The van der Waals surface area contributed by atoms with Crippen molar-refractivity contribution in [3.63, 3.8) is 0 Å². The number of benzene rings is 1. The molecule has 1 saturated heterocycles. The molecule has 2 fully saturated rings. The first-order chi connectivity index (χ1) is 18.3. The van der Waals surface area contributed by atoms with E-state index in [1.807, 2.05) is 36.4 Å². The average Bonchev–Trinajstić information content (AvgIpc) is 3.27. The summed E-state index contributed by atoms with van der Waals surface area (Å²) in [5.74, 6) is 2.53. The van der Waals surface area contributed by atoms with Crippen LogP contribution >= 0.6 is 7.26 Å². The molecule has 6 heteroatoms. The third kappa shape index (κ3) is 6.16. The Morgan fingerprint density at radius 1 is 1.03 bits per heavy atom. The standard InChI is InChI=1S/C32H45N2O3P/c1-22-20-29(24-11-13-26(14-12-24)31(35)25-8-7-9-25)37-32(22)28(16-18-34)27(15-17-33)21-23(2)38(3,4)30-10-5-6-19-36-30/h11-18,20-23,25,30,38H,5-10,19,33-34H2,1-4H3/b17-15-,18-16-,27-21-,32-28-. The monoisotopic (exact) mass is 536 g/mol. The zero-order chi connectivity index (χ0) is 27.3. The second-order valence-electron chi connectivity index (χ2n) is 11.6. The quantitative estimate of drug-likeness (QED) is 0.208. The number of nitrogens with two attached hydrogens (primary N) is 2. The minimum atomic E-state index is -1.74. The first-order valence-corrected chi connectivity index (χ1v) is 17.3. The number of carbonyl (C=O) groups excluding carboxylic acids is 1. The molecule has 0 radical (unpaired) electrons. The molecule has 2 heterocycles. The molecule has 3 atom stereocenters. The molecule has 5 nitrogen and oxygen atoms in total. The van der Waals surface area contributed by atoms with Crippen LogP contribution in [0.2, 0.25) is 0 Å². The van der Waals surface area contributed by atoms with Gasteiger partial charge in [-0.15, -0.1) is 0 Å². The molecular formula is C32H45N2O3P. The van der Waals surface area contributed by atoms with E-state index in [9.17, 15) is 4.79 Å². The van der Waals surface area contributed by atoms with Crippen LogP contribution in [-0.2, 0) is 9.47 Å². The summed E-state index contributed by atoms with van der Waals surface area (Å²) in [6.07, 6.45) is 18.2. The number of Topliss-reactive ketones (excluding diaryl/α,β-unsaturated/α-hetero) is 1. The number of ether oxygens (including phenoxy) is 2. The molecule has 38 heavy (non-hydrogen) atoms. The summed E-state index contributed by atoms with van der Waals surface area (Å²) >= 11 is 0. The Balaban J connectivity index is 1.60. The van der Waals surface area contributed by atoms with Crippen molar-refractivity contribution in [1.82, 2.24) is 0 Å². The molecule has 1 aromatic carbocycles. The predicted octanol–water partition coefficient (Wildman–Crippen LogP) is 6.73. The fourth-order valence-corrected chi connectivity index (χ4v) is 8.26. The second kappa shape index (κ2) is 12.5. The van der Waals surface area contributed by atoms with Crippen LogP contribution in [0.15, 0.2) is 77.9 Å². The molecular weight excluding hydrogens is 491 g/mol. The van der Waals surface area contributed by atoms with Gasteiger partial charge in [0.05, 0.1) is 0 Å². The van der Waals surface area contributed by atoms with Crippen LogP contribution in [0.3, 0.4) is 0 Å². The SMILES string of the molecule is CC1C=C(c2ccc(C(=O)C3CCC3)cc2)O/C1=C(/C=C\N)C(\C=C/N)=C/C(C)[PH](C)(C)C1CCCCO1. The van der Waals surface area contributed by atoms with Crippen LogP contribution in [0.4, 0.5) is 0 Å². The molecule has 1 saturated carbocycles. The summed E-state index contributed by atoms with van der Waals surface area (Å²) in [4.78, 5) is 12.6. The Hall–Kier alpha value is -2.62. The Morgan fingerprint density at radius 3 is 2.32 bits per heavy atom. The third-order valence-electron chi connectivity index (χ3n) is 8.69. The Kier molecular flexibility index (Phi) is 9.33. The van der Waals surface area contributed by atoms with Gasteiger partial charge in [0.25, 0.3) is 0 Å². The zero-order valence-electron chi connectivity index (χ0n) is 23.4. The van der Waals surface area contributed by atoms with Gasteiger partial charge in [0.2, 0.25) is 0 Å². The van der Waals surface area contributed by atoms with Crippen LogP contribution < -0.4 is 11.5 Å². The van der Waals surface area contributed by atoms with E-state index >= 15 is 0 Å². The van der Waals surface area contributed by atoms with E-state index < -0.39 is 7.26 Å². The fourth-order valence-electron chi connectivity index (χ4n) is 5.57. The summed E-state index contributed by atoms with van der Waals surface area (Å²) in [5.41, 5.74) is 15.9. The van der Waals surface area contributed by atoms with Crippen molar-refractivity contribution in [3.8, 4) is 0 Å². The average molecular weight is 537 g/mol. The van der Waals surface area contributed by atoms with Gasteiger partial charge < -0.3 is 0 Å². The van der Waals surface area contributed by atoms with Gasteiger partial charge in [-0.25, -0.2) is 0 Å². The number of hydrogen-bond acceptors (Lipinski definition) is 5. The predicted molar refractivity (Wildman–Crippen MR) is 161 cm³/mol. The van der Waals surface area contributed by atoms with E-state index in [2.05, 4.69) is 39.3 Å². The number of allylic oxidation sites excluding steroid dienone is 6. The van der Waals surface area contributed by atoms with E-state index in [1.165, 1.54) is 6.42 Å². The summed E-state index contributed by atoms with van der Waals surface area (Å²) in [5, 5.41) is 0. The molecule has 1 aliphatic carbocycles. The van der Waals surface area contributed by atoms with Gasteiger partial charge >= 0.3 is 199 Å². The maximum absolute atomic E-state index is 12.6. The normalized spacial score (nSPS) is 25.7. The molecule has 4 N–H and O–H groups in total. The Labute approximate surface area is 229 Å². The van der Waals surface area contributed by atoms with E-state index in [0.29, 0.717) is 11.5 Å². The van der Waals surface area contributed by atoms with Crippen molar-refractivity contribution in [2.45, 2.75) is 63.9 Å². The van der Waals surface area contributed by atoms with Crippen molar-refractivity contribution in [3.05, 3.63) is 89.0 Å². The van der Waals surface area contributed by atoms with E-state index in [4.69, 9.17) is 20.9 Å². The first kappa shape index (κ1) is 28.4. The second-order valence-corrected chi connectivity index (χ2v) is 16.8. The van der Waals surface area contributed by atoms with E-state index in [0.717, 1.165) is 72.5 Å². The molecule has 0 bridgehead atoms. The van der Waals surface area contributed by atoms with Gasteiger partial charge in [-0.1, -0.05) is 6.42 Å². The summed E-state index contributed by atoms with van der Waals surface area (Å²) in [6, 6.07) is 7.83. The van der Waals surface area contributed by atoms with Crippen molar-refractivity contribution >= 4 is 18.8 Å². The van der Waals surface area contributed by atoms with Gasteiger partial charge in [-0.05, 0) is 12.8 Å². The van der Waals surface area contributed by atoms with Gasteiger partial charge in [-0.3, -0.25) is 4.79 Å². The fraction of sp³-hybridized carbons (Fsp3) is 0.469. The molecule has 3 aliphatic rings. The number of rotatable bonds is 9. The number of carbonyl (C=O) groups is 1. The van der Waals surface area contributed by atoms with Crippen molar-refractivity contribution in [2.24, 2.45) is 23.3 Å². The van der Waals surface area contributed by atoms with Crippen LogP contribution in [-0.4, -0.2) is 37.2 Å². The van der Waals surface area contributed by atoms with Crippen LogP contribution in [0.5, 0.6) is 0 Å². The van der Waals surface area contributed by atoms with Gasteiger partial charge in [0.1, 0.15) is 0 Å². The van der Waals surface area contributed by atoms with Gasteiger partial charge in [-0.2, -0.15) is 0 Å². The summed E-state index contributed by atoms with van der Waals surface area (Å²) in [6.45, 7) is 10.1. The molecule has 0 spiro atoms. The van der Waals surface area contributed by atoms with Crippen molar-refractivity contribution in [1.29, 1.82) is 0 Å². The zero-order valence-corrected chi connectivity index (χ0v) is 24.4. The van der Waals surface area contributed by atoms with Crippen LogP contribution in [0.1, 0.15) is 68.3 Å². The van der Waals surface area contributed by atoms with Gasteiger partial charge in [0.15, 0.2) is 0 Å². The topological polar surface area (TPSA) is 87.6 Å². The van der Waals surface area contributed by atoms with Crippen LogP contribution in [0.25, 0.3) is 5.76 Å². The molecule has 206 valence electrons. The maximum atomic E-state index is 12.6. The number of hydrogen-bond donors (Lipinski definition) is 2. The summed E-state index contributed by atoms with van der Waals surface area (Å²) in [7, 11) is -1.74. The molecule has 0 amide bonds. The molecule has 1 aromatic rings. The Morgan fingerprint density at radius 2 is 1.74 bits per heavy atom. The van der Waals surface area contributed by atoms with E-state index in [-0.39, 0.29) is 17.6 Å². The summed E-state index contributed by atoms with van der Waals surface area (Å²) < 4.78 is 12.7. The molecule has 4 rings (SSSR count). The van der Waals surface area contributed by atoms with Crippen molar-refractivity contribution < 1.29 is 14.3 Å². The first-order valence-electron chi connectivity index (χ1n) is 14.1. The minimum absolute atomic E-state index is 0.0595. The van der Waals surface area contributed by atoms with Crippen molar-refractivity contribution in [2.75, 3.05) is 19.9 Å².